The van der Waals surface area contributed by atoms with Gasteiger partial charge in [-0.3, -0.25) is 0 Å². The van der Waals surface area contributed by atoms with Crippen molar-refractivity contribution in [2.75, 3.05) is 0 Å². The number of rotatable bonds is 0. The standard InChI is InChI=1S/C8H4BP/c1-2-3-7-10-8-5-4-6-9/h1,10H,9H2. The van der Waals surface area contributed by atoms with E-state index in [1.54, 1.807) is 7.85 Å². The smallest absolute Gasteiger partial charge is 0.151 e. The zero-order valence-corrected chi connectivity index (χ0v) is 6.58. The predicted octanol–water partition coefficient (Wildman–Crippen LogP) is -0.186. The van der Waals surface area contributed by atoms with E-state index in [1.807, 2.05) is 0 Å². The molecule has 0 N–H and O–H groups in total. The van der Waals surface area contributed by atoms with E-state index in [1.165, 1.54) is 0 Å². The van der Waals surface area contributed by atoms with Crippen molar-refractivity contribution in [3.05, 3.63) is 0 Å². The lowest BCUT2D eigenvalue weighted by Crippen LogP contribution is -1.49. The van der Waals surface area contributed by atoms with Crippen LogP contribution >= 0.6 is 8.58 Å². The topological polar surface area (TPSA) is 0 Å². The highest BCUT2D eigenvalue weighted by atomic mass is 31.1. The quantitative estimate of drug-likeness (QED) is 0.250. The molecule has 0 rings (SSSR count). The van der Waals surface area contributed by atoms with Gasteiger partial charge in [0, 0.05) is 8.58 Å². The van der Waals surface area contributed by atoms with Crippen LogP contribution in [0, 0.1) is 47.2 Å². The van der Waals surface area contributed by atoms with Gasteiger partial charge in [0.25, 0.3) is 0 Å². The van der Waals surface area contributed by atoms with E-state index < -0.39 is 0 Å². The Kier molecular flexibility index (Phi) is 6.76. The van der Waals surface area contributed by atoms with Gasteiger partial charge in [0.2, 0.25) is 0 Å². The molecule has 0 heterocycles. The van der Waals surface area contributed by atoms with Gasteiger partial charge >= 0.3 is 0 Å². The molecule has 0 aromatic heterocycles. The van der Waals surface area contributed by atoms with Crippen LogP contribution in [-0.2, 0) is 0 Å². The fourth-order valence-corrected chi connectivity index (χ4v) is 0.546. The van der Waals surface area contributed by atoms with Gasteiger partial charge in [-0.2, -0.15) is 5.82 Å². The van der Waals surface area contributed by atoms with Crippen LogP contribution in [-0.4, -0.2) is 7.85 Å². The summed E-state index contributed by atoms with van der Waals surface area (Å²) in [6.07, 6.45) is 4.87. The second kappa shape index (κ2) is 7.73. The van der Waals surface area contributed by atoms with E-state index in [4.69, 9.17) is 6.42 Å². The lowest BCUT2D eigenvalue weighted by atomic mass is 10.2. The second-order valence-corrected chi connectivity index (χ2v) is 1.89. The van der Waals surface area contributed by atoms with Gasteiger partial charge in [-0.25, -0.2) is 0 Å². The minimum Gasteiger partial charge on any atom is -0.151 e. The van der Waals surface area contributed by atoms with Crippen molar-refractivity contribution < 1.29 is 0 Å². The molecular formula is C8H4BP. The second-order valence-electron chi connectivity index (χ2n) is 1.14. The Morgan fingerprint density at radius 1 is 1.10 bits per heavy atom. The summed E-state index contributed by atoms with van der Waals surface area (Å²) in [6.45, 7) is 0. The molecule has 0 spiro atoms. The van der Waals surface area contributed by atoms with Crippen molar-refractivity contribution in [3.63, 3.8) is 0 Å². The van der Waals surface area contributed by atoms with Crippen LogP contribution in [0.3, 0.4) is 0 Å². The van der Waals surface area contributed by atoms with Gasteiger partial charge in [0.15, 0.2) is 7.85 Å². The van der Waals surface area contributed by atoms with Crippen LogP contribution in [0.5, 0.6) is 0 Å². The van der Waals surface area contributed by atoms with E-state index in [0.29, 0.717) is 0 Å². The molecule has 2 heteroatoms. The molecule has 0 saturated heterocycles. The van der Waals surface area contributed by atoms with E-state index in [2.05, 4.69) is 40.8 Å². The van der Waals surface area contributed by atoms with Crippen LogP contribution in [0.1, 0.15) is 0 Å². The summed E-state index contributed by atoms with van der Waals surface area (Å²) in [5, 5.41) is 0. The molecule has 0 amide bonds. The van der Waals surface area contributed by atoms with Crippen LogP contribution in [0.15, 0.2) is 0 Å². The lowest BCUT2D eigenvalue weighted by Gasteiger charge is -1.63. The summed E-state index contributed by atoms with van der Waals surface area (Å²) >= 11 is 0. The summed E-state index contributed by atoms with van der Waals surface area (Å²) in [4.78, 5) is 0. The number of hydrogen-bond donors (Lipinski definition) is 0. The minimum atomic E-state index is 0.282. The fraction of sp³-hybridized carbons (Fsp3) is 0. The summed E-state index contributed by atoms with van der Waals surface area (Å²) in [5.74, 6) is 12.5. The van der Waals surface area contributed by atoms with Crippen LogP contribution in [0.4, 0.5) is 0 Å². The van der Waals surface area contributed by atoms with E-state index >= 15 is 0 Å². The van der Waals surface area contributed by atoms with Crippen molar-refractivity contribution in [2.24, 2.45) is 0 Å². The Balaban J connectivity index is 3.67. The van der Waals surface area contributed by atoms with Crippen molar-refractivity contribution in [1.82, 2.24) is 0 Å². The van der Waals surface area contributed by atoms with Crippen LogP contribution in [0.25, 0.3) is 0 Å². The lowest BCUT2D eigenvalue weighted by molar-refractivity contribution is 2.55. The van der Waals surface area contributed by atoms with Crippen LogP contribution < -0.4 is 0 Å². The van der Waals surface area contributed by atoms with Crippen molar-refractivity contribution in [3.8, 4) is 47.2 Å². The Labute approximate surface area is 64.4 Å². The molecule has 0 fully saturated rings. The average molecular weight is 142 g/mol. The minimum absolute atomic E-state index is 0.282. The highest BCUT2D eigenvalue weighted by molar-refractivity contribution is 7.49. The van der Waals surface area contributed by atoms with E-state index in [9.17, 15) is 0 Å². The highest BCUT2D eigenvalue weighted by Gasteiger charge is 1.61. The highest BCUT2D eigenvalue weighted by Crippen LogP contribution is 2.00. The Morgan fingerprint density at radius 2 is 1.80 bits per heavy atom. The van der Waals surface area contributed by atoms with E-state index in [0.717, 1.165) is 0 Å². The molecule has 0 bridgehead atoms. The molecule has 0 aromatic rings. The molecule has 0 aliphatic carbocycles. The molecule has 0 aromatic carbocycles. The predicted molar refractivity (Wildman–Crippen MR) is 49.0 cm³/mol. The van der Waals surface area contributed by atoms with E-state index in [-0.39, 0.29) is 8.58 Å². The summed E-state index contributed by atoms with van der Waals surface area (Å²) in [6, 6.07) is 0. The fourth-order valence-electron chi connectivity index (χ4n) is 0.224. The van der Waals surface area contributed by atoms with Gasteiger partial charge in [-0.15, -0.1) is 6.42 Å². The molecule has 1 unspecified atom stereocenters. The van der Waals surface area contributed by atoms with Crippen LogP contribution in [0.2, 0.25) is 0 Å². The summed E-state index contributed by atoms with van der Waals surface area (Å²) in [5.41, 5.74) is 5.45. The number of terminal acetylenes is 1. The third-order valence-corrected chi connectivity index (χ3v) is 1.01. The SMILES string of the molecule is BC#CC#CPC#CC#C. The molecule has 10 heavy (non-hydrogen) atoms. The zero-order valence-electron chi connectivity index (χ0n) is 5.58. The maximum atomic E-state index is 4.87. The maximum absolute atomic E-state index is 4.87. The molecular weight excluding hydrogens is 138 g/mol. The van der Waals surface area contributed by atoms with Gasteiger partial charge in [-0.05, 0) is 23.7 Å². The third kappa shape index (κ3) is 6.73. The van der Waals surface area contributed by atoms with Crippen molar-refractivity contribution in [1.29, 1.82) is 0 Å². The number of hydrogen-bond acceptors (Lipinski definition) is 0. The van der Waals surface area contributed by atoms with Gasteiger partial charge in [-0.1, -0.05) is 11.3 Å². The molecule has 0 aliphatic heterocycles. The summed E-state index contributed by atoms with van der Waals surface area (Å²) in [7, 11) is 2.02. The monoisotopic (exact) mass is 142 g/mol. The van der Waals surface area contributed by atoms with Gasteiger partial charge < -0.3 is 0 Å². The van der Waals surface area contributed by atoms with Crippen molar-refractivity contribution >= 4 is 16.4 Å². The molecule has 0 aliphatic rings. The molecule has 0 radical (unpaired) electrons. The normalized spacial score (nSPS) is 5.50. The first-order valence-corrected chi connectivity index (χ1v) is 3.54. The zero-order chi connectivity index (χ0) is 7.66. The first kappa shape index (κ1) is 8.73. The molecule has 0 nitrogen and oxygen atoms in total. The maximum Gasteiger partial charge on any atom is 0.196 e. The largest absolute Gasteiger partial charge is 0.196 e. The van der Waals surface area contributed by atoms with Gasteiger partial charge in [0.1, 0.15) is 0 Å². The third-order valence-electron chi connectivity index (χ3n) is 0.510. The molecule has 0 saturated carbocycles. The first-order valence-electron chi connectivity index (χ1n) is 2.54. The molecule has 44 valence electrons. The first-order chi connectivity index (χ1) is 4.91. The summed E-state index contributed by atoms with van der Waals surface area (Å²) < 4.78 is 0. The Bertz CT molecular complexity index is 303. The van der Waals surface area contributed by atoms with Crippen molar-refractivity contribution in [2.45, 2.75) is 0 Å². The Morgan fingerprint density at radius 3 is 2.40 bits per heavy atom. The molecule has 1 atom stereocenters. The van der Waals surface area contributed by atoms with Gasteiger partial charge in [0.05, 0.1) is 0 Å². The average Bonchev–Trinajstić information content (AvgIpc) is 1.97. The Hall–Kier alpha value is -1.27.